The lowest BCUT2D eigenvalue weighted by atomic mass is 10.2. The summed E-state index contributed by atoms with van der Waals surface area (Å²) in [6, 6.07) is 19.2. The highest BCUT2D eigenvalue weighted by atomic mass is 16.5. The number of rotatable bonds is 9. The number of amides is 2. The highest BCUT2D eigenvalue weighted by Crippen LogP contribution is 2.18. The molecule has 0 saturated heterocycles. The van der Waals surface area contributed by atoms with Crippen molar-refractivity contribution in [1.82, 2.24) is 10.6 Å². The quantitative estimate of drug-likeness (QED) is 0.421. The first-order valence-corrected chi connectivity index (χ1v) is 9.32. The van der Waals surface area contributed by atoms with E-state index in [1.54, 1.807) is 55.6 Å². The fraction of sp³-hybridized carbons (Fsp3) is 0.130. The first-order chi connectivity index (χ1) is 14.7. The summed E-state index contributed by atoms with van der Waals surface area (Å²) in [6.45, 7) is 0.492. The van der Waals surface area contributed by atoms with E-state index in [1.807, 2.05) is 18.2 Å². The van der Waals surface area contributed by atoms with Gasteiger partial charge in [0.1, 0.15) is 29.6 Å². The standard InChI is InChI=1S/C23H22N2O5/c1-28-18-9-5-10-19(15-18)30-14-12-24-23(27)21(16-20-11-6-13-29-20)25-22(26)17-7-3-2-4-8-17/h2-11,13,15-16H,12,14H2,1H3,(H,24,27)(H,25,26)/b21-16-. The highest BCUT2D eigenvalue weighted by molar-refractivity contribution is 6.05. The molecular formula is C23H22N2O5. The van der Waals surface area contributed by atoms with Crippen molar-refractivity contribution >= 4 is 17.9 Å². The minimum Gasteiger partial charge on any atom is -0.497 e. The number of methoxy groups -OCH3 is 1. The lowest BCUT2D eigenvalue weighted by Gasteiger charge is -2.12. The van der Waals surface area contributed by atoms with E-state index >= 15 is 0 Å². The second-order valence-corrected chi connectivity index (χ2v) is 6.18. The van der Waals surface area contributed by atoms with Gasteiger partial charge in [-0.05, 0) is 36.4 Å². The van der Waals surface area contributed by atoms with E-state index in [4.69, 9.17) is 13.9 Å². The van der Waals surface area contributed by atoms with Crippen LogP contribution in [-0.2, 0) is 4.79 Å². The molecule has 3 aromatic rings. The van der Waals surface area contributed by atoms with Crippen molar-refractivity contribution in [3.63, 3.8) is 0 Å². The molecule has 1 heterocycles. The summed E-state index contributed by atoms with van der Waals surface area (Å²) in [4.78, 5) is 25.1. The second-order valence-electron chi connectivity index (χ2n) is 6.18. The molecule has 7 heteroatoms. The summed E-state index contributed by atoms with van der Waals surface area (Å²) in [7, 11) is 1.58. The molecule has 0 aliphatic rings. The van der Waals surface area contributed by atoms with Crippen LogP contribution in [0.5, 0.6) is 11.5 Å². The summed E-state index contributed by atoms with van der Waals surface area (Å²) in [5.74, 6) is 0.915. The molecule has 0 aliphatic carbocycles. The van der Waals surface area contributed by atoms with Crippen molar-refractivity contribution in [3.8, 4) is 11.5 Å². The van der Waals surface area contributed by atoms with Crippen LogP contribution in [-0.4, -0.2) is 32.1 Å². The van der Waals surface area contributed by atoms with Gasteiger partial charge in [0.15, 0.2) is 0 Å². The number of nitrogens with one attached hydrogen (secondary N) is 2. The lowest BCUT2D eigenvalue weighted by molar-refractivity contribution is -0.117. The summed E-state index contributed by atoms with van der Waals surface area (Å²) >= 11 is 0. The SMILES string of the molecule is COc1cccc(OCCNC(=O)/C(=C/c2ccco2)NC(=O)c2ccccc2)c1. The van der Waals surface area contributed by atoms with E-state index < -0.39 is 11.8 Å². The molecular weight excluding hydrogens is 384 g/mol. The molecule has 2 aromatic carbocycles. The van der Waals surface area contributed by atoms with E-state index in [0.717, 1.165) is 0 Å². The van der Waals surface area contributed by atoms with Gasteiger partial charge < -0.3 is 24.5 Å². The predicted molar refractivity (Wildman–Crippen MR) is 112 cm³/mol. The summed E-state index contributed by atoms with van der Waals surface area (Å²) < 4.78 is 16.0. The number of ether oxygens (including phenoxy) is 2. The Morgan fingerprint density at radius 3 is 2.53 bits per heavy atom. The molecule has 2 amide bonds. The van der Waals surface area contributed by atoms with E-state index in [9.17, 15) is 9.59 Å². The maximum Gasteiger partial charge on any atom is 0.268 e. The number of carbonyl (C=O) groups is 2. The number of hydrogen-bond donors (Lipinski definition) is 2. The fourth-order valence-electron chi connectivity index (χ4n) is 2.58. The molecule has 0 spiro atoms. The van der Waals surface area contributed by atoms with Crippen LogP contribution in [0, 0.1) is 0 Å². The monoisotopic (exact) mass is 406 g/mol. The maximum absolute atomic E-state index is 12.6. The molecule has 0 unspecified atom stereocenters. The summed E-state index contributed by atoms with van der Waals surface area (Å²) in [5.41, 5.74) is 0.511. The molecule has 0 fully saturated rings. The Balaban J connectivity index is 1.60. The van der Waals surface area contributed by atoms with Crippen molar-refractivity contribution in [2.24, 2.45) is 0 Å². The number of carbonyl (C=O) groups excluding carboxylic acids is 2. The topological polar surface area (TPSA) is 89.8 Å². The van der Waals surface area contributed by atoms with Crippen molar-refractivity contribution in [2.75, 3.05) is 20.3 Å². The Bertz CT molecular complexity index is 997. The zero-order valence-corrected chi connectivity index (χ0v) is 16.5. The predicted octanol–water partition coefficient (Wildman–Crippen LogP) is 3.25. The molecule has 7 nitrogen and oxygen atoms in total. The van der Waals surface area contributed by atoms with E-state index in [2.05, 4.69) is 10.6 Å². The van der Waals surface area contributed by atoms with Gasteiger partial charge in [-0.1, -0.05) is 24.3 Å². The molecule has 0 aliphatic heterocycles. The van der Waals surface area contributed by atoms with Gasteiger partial charge in [-0.15, -0.1) is 0 Å². The average Bonchev–Trinajstić information content (AvgIpc) is 3.30. The van der Waals surface area contributed by atoms with Crippen LogP contribution in [0.15, 0.2) is 83.1 Å². The van der Waals surface area contributed by atoms with Gasteiger partial charge in [0.25, 0.3) is 11.8 Å². The van der Waals surface area contributed by atoms with E-state index in [-0.39, 0.29) is 18.8 Å². The summed E-state index contributed by atoms with van der Waals surface area (Å²) in [5, 5.41) is 5.37. The van der Waals surface area contributed by atoms with Gasteiger partial charge >= 0.3 is 0 Å². The fourth-order valence-corrected chi connectivity index (χ4v) is 2.58. The third-order valence-electron chi connectivity index (χ3n) is 4.06. The van der Waals surface area contributed by atoms with Crippen LogP contribution in [0.1, 0.15) is 16.1 Å². The zero-order valence-electron chi connectivity index (χ0n) is 16.5. The molecule has 3 rings (SSSR count). The zero-order chi connectivity index (χ0) is 21.2. The molecule has 0 bridgehead atoms. The van der Waals surface area contributed by atoms with Crippen LogP contribution in [0.4, 0.5) is 0 Å². The molecule has 0 atom stereocenters. The van der Waals surface area contributed by atoms with Gasteiger partial charge in [-0.25, -0.2) is 0 Å². The van der Waals surface area contributed by atoms with Crippen LogP contribution < -0.4 is 20.1 Å². The molecule has 0 saturated carbocycles. The number of furan rings is 1. The Labute approximate surface area is 174 Å². The minimum absolute atomic E-state index is 0.0696. The Kier molecular flexibility index (Phi) is 7.27. The third kappa shape index (κ3) is 6.00. The van der Waals surface area contributed by atoms with Gasteiger partial charge in [0, 0.05) is 17.7 Å². The summed E-state index contributed by atoms with van der Waals surface area (Å²) in [6.07, 6.45) is 2.96. The van der Waals surface area contributed by atoms with Gasteiger partial charge in [0.05, 0.1) is 19.9 Å². The highest BCUT2D eigenvalue weighted by Gasteiger charge is 2.15. The van der Waals surface area contributed by atoms with Crippen molar-refractivity contribution in [2.45, 2.75) is 0 Å². The van der Waals surface area contributed by atoms with Crippen molar-refractivity contribution in [1.29, 1.82) is 0 Å². The Morgan fingerprint density at radius 1 is 1.00 bits per heavy atom. The van der Waals surface area contributed by atoms with E-state index in [0.29, 0.717) is 22.8 Å². The Morgan fingerprint density at radius 2 is 1.80 bits per heavy atom. The van der Waals surface area contributed by atoms with Gasteiger partial charge in [-0.3, -0.25) is 9.59 Å². The maximum atomic E-state index is 12.6. The molecule has 154 valence electrons. The Hall–Kier alpha value is -4.00. The van der Waals surface area contributed by atoms with Crippen molar-refractivity contribution < 1.29 is 23.5 Å². The number of hydrogen-bond acceptors (Lipinski definition) is 5. The van der Waals surface area contributed by atoms with Crippen molar-refractivity contribution in [3.05, 3.63) is 90.0 Å². The van der Waals surface area contributed by atoms with Crippen LogP contribution >= 0.6 is 0 Å². The second kappa shape index (κ2) is 10.5. The first-order valence-electron chi connectivity index (χ1n) is 9.32. The minimum atomic E-state index is -0.454. The van der Waals surface area contributed by atoms with Gasteiger partial charge in [-0.2, -0.15) is 0 Å². The number of benzene rings is 2. The average molecular weight is 406 g/mol. The first kappa shape index (κ1) is 20.7. The molecule has 0 radical (unpaired) electrons. The molecule has 2 N–H and O–H groups in total. The van der Waals surface area contributed by atoms with Crippen LogP contribution in [0.25, 0.3) is 6.08 Å². The third-order valence-corrected chi connectivity index (χ3v) is 4.06. The molecule has 30 heavy (non-hydrogen) atoms. The molecule has 1 aromatic heterocycles. The smallest absolute Gasteiger partial charge is 0.268 e. The van der Waals surface area contributed by atoms with E-state index in [1.165, 1.54) is 12.3 Å². The van der Waals surface area contributed by atoms with Gasteiger partial charge in [0.2, 0.25) is 0 Å². The normalized spacial score (nSPS) is 10.9. The van der Waals surface area contributed by atoms with Crippen LogP contribution in [0.3, 0.4) is 0 Å². The van der Waals surface area contributed by atoms with Crippen LogP contribution in [0.2, 0.25) is 0 Å². The lowest BCUT2D eigenvalue weighted by Crippen LogP contribution is -2.36. The largest absolute Gasteiger partial charge is 0.497 e.